The minimum absolute atomic E-state index is 0.227. The Morgan fingerprint density at radius 2 is 2.00 bits per heavy atom. The molecule has 0 fully saturated rings. The molecule has 0 amide bonds. The molecule has 6 heteroatoms. The number of anilines is 1. The molecule has 1 aromatic heterocycles. The Bertz CT molecular complexity index is 699. The quantitative estimate of drug-likeness (QED) is 0.676. The van der Waals surface area contributed by atoms with E-state index in [1.54, 1.807) is 19.3 Å². The van der Waals surface area contributed by atoms with Gasteiger partial charge in [-0.3, -0.25) is 4.99 Å². The van der Waals surface area contributed by atoms with E-state index in [2.05, 4.69) is 15.3 Å². The highest BCUT2D eigenvalue weighted by atomic mass is 19.1. The molecule has 2 aromatic rings. The second kappa shape index (κ2) is 8.29. The molecular weight excluding hydrogens is 305 g/mol. The lowest BCUT2D eigenvalue weighted by Gasteiger charge is -2.23. The topological polar surface area (TPSA) is 43.8 Å². The van der Waals surface area contributed by atoms with Gasteiger partial charge in [0.1, 0.15) is 11.6 Å². The van der Waals surface area contributed by atoms with Gasteiger partial charge in [0.05, 0.1) is 0 Å². The Labute approximate surface area is 142 Å². The van der Waals surface area contributed by atoms with Crippen molar-refractivity contribution in [2.45, 2.75) is 13.1 Å². The molecule has 1 aromatic carbocycles. The smallest absolute Gasteiger partial charge is 0.193 e. The number of halogens is 1. The van der Waals surface area contributed by atoms with Crippen LogP contribution >= 0.6 is 0 Å². The van der Waals surface area contributed by atoms with Gasteiger partial charge >= 0.3 is 0 Å². The molecule has 0 spiro atoms. The third-order valence-corrected chi connectivity index (χ3v) is 3.61. The number of rotatable bonds is 5. The number of guanidine groups is 1. The van der Waals surface area contributed by atoms with Crippen LogP contribution in [0.15, 0.2) is 47.6 Å². The summed E-state index contributed by atoms with van der Waals surface area (Å²) in [6.07, 6.45) is 1.78. The van der Waals surface area contributed by atoms with Gasteiger partial charge in [0.2, 0.25) is 0 Å². The van der Waals surface area contributed by atoms with E-state index in [0.717, 1.165) is 22.9 Å². The van der Waals surface area contributed by atoms with Crippen molar-refractivity contribution in [1.82, 2.24) is 15.2 Å². The predicted molar refractivity (Wildman–Crippen MR) is 96.6 cm³/mol. The van der Waals surface area contributed by atoms with Gasteiger partial charge in [0.25, 0.3) is 0 Å². The predicted octanol–water partition coefficient (Wildman–Crippen LogP) is 2.49. The third-order valence-electron chi connectivity index (χ3n) is 3.61. The van der Waals surface area contributed by atoms with E-state index in [0.29, 0.717) is 13.1 Å². The number of hydrogen-bond acceptors (Lipinski definition) is 3. The minimum atomic E-state index is -0.227. The summed E-state index contributed by atoms with van der Waals surface area (Å²) in [4.78, 5) is 12.6. The maximum Gasteiger partial charge on any atom is 0.193 e. The summed E-state index contributed by atoms with van der Waals surface area (Å²) in [6.45, 7) is 1.19. The number of nitrogens with one attached hydrogen (secondary N) is 1. The van der Waals surface area contributed by atoms with Crippen molar-refractivity contribution >= 4 is 11.8 Å². The lowest BCUT2D eigenvalue weighted by atomic mass is 10.2. The zero-order valence-electron chi connectivity index (χ0n) is 14.6. The Morgan fingerprint density at radius 1 is 1.21 bits per heavy atom. The van der Waals surface area contributed by atoms with Crippen LogP contribution < -0.4 is 10.2 Å². The zero-order valence-corrected chi connectivity index (χ0v) is 14.6. The van der Waals surface area contributed by atoms with Crippen molar-refractivity contribution in [3.05, 3.63) is 59.5 Å². The SMILES string of the molecule is CN=C(NCc1cccnc1N(C)C)N(C)Cc1cccc(F)c1. The average molecular weight is 329 g/mol. The molecule has 0 atom stereocenters. The molecule has 1 heterocycles. The van der Waals surface area contributed by atoms with Crippen molar-refractivity contribution in [1.29, 1.82) is 0 Å². The molecule has 0 saturated carbocycles. The molecule has 0 bridgehead atoms. The second-order valence-electron chi connectivity index (χ2n) is 5.77. The number of pyridine rings is 1. The summed E-state index contributed by atoms with van der Waals surface area (Å²) in [5.74, 6) is 1.44. The maximum atomic E-state index is 13.3. The fourth-order valence-electron chi connectivity index (χ4n) is 2.51. The van der Waals surface area contributed by atoms with Crippen LogP contribution in [0.2, 0.25) is 0 Å². The van der Waals surface area contributed by atoms with E-state index in [4.69, 9.17) is 0 Å². The van der Waals surface area contributed by atoms with Crippen molar-refractivity contribution in [2.24, 2.45) is 4.99 Å². The van der Waals surface area contributed by atoms with Crippen LogP contribution in [0.1, 0.15) is 11.1 Å². The number of hydrogen-bond donors (Lipinski definition) is 1. The van der Waals surface area contributed by atoms with E-state index in [9.17, 15) is 4.39 Å². The second-order valence-corrected chi connectivity index (χ2v) is 5.77. The summed E-state index contributed by atoms with van der Waals surface area (Å²) in [5.41, 5.74) is 1.98. The summed E-state index contributed by atoms with van der Waals surface area (Å²) < 4.78 is 13.3. The van der Waals surface area contributed by atoms with E-state index in [-0.39, 0.29) is 5.82 Å². The third kappa shape index (κ3) is 4.68. The van der Waals surface area contributed by atoms with Gasteiger partial charge in [-0.25, -0.2) is 9.37 Å². The summed E-state index contributed by atoms with van der Waals surface area (Å²) in [7, 11) is 7.60. The van der Waals surface area contributed by atoms with E-state index < -0.39 is 0 Å². The first-order valence-electron chi connectivity index (χ1n) is 7.78. The number of benzene rings is 1. The van der Waals surface area contributed by atoms with Crippen molar-refractivity contribution in [3.63, 3.8) is 0 Å². The first-order valence-corrected chi connectivity index (χ1v) is 7.78. The van der Waals surface area contributed by atoms with Crippen LogP contribution in [0.4, 0.5) is 10.2 Å². The largest absolute Gasteiger partial charge is 0.362 e. The molecule has 2 rings (SSSR count). The fraction of sp³-hybridized carbons (Fsp3) is 0.333. The number of nitrogens with zero attached hydrogens (tertiary/aromatic N) is 4. The average Bonchev–Trinajstić information content (AvgIpc) is 2.55. The number of aromatic nitrogens is 1. The van der Waals surface area contributed by atoms with Crippen molar-refractivity contribution in [2.75, 3.05) is 33.1 Å². The van der Waals surface area contributed by atoms with Crippen molar-refractivity contribution in [3.8, 4) is 0 Å². The molecule has 0 unspecified atom stereocenters. The van der Waals surface area contributed by atoms with Crippen LogP contribution in [0.3, 0.4) is 0 Å². The molecule has 1 N–H and O–H groups in total. The van der Waals surface area contributed by atoms with Gasteiger partial charge in [-0.1, -0.05) is 18.2 Å². The summed E-state index contributed by atoms with van der Waals surface area (Å²) >= 11 is 0. The number of aliphatic imine (C=N–C) groups is 1. The van der Waals surface area contributed by atoms with Crippen LogP contribution in [0.5, 0.6) is 0 Å². The lowest BCUT2D eigenvalue weighted by Crippen LogP contribution is -2.38. The molecule has 0 aliphatic carbocycles. The lowest BCUT2D eigenvalue weighted by molar-refractivity contribution is 0.474. The first-order chi connectivity index (χ1) is 11.5. The Balaban J connectivity index is 2.02. The molecule has 0 radical (unpaired) electrons. The van der Waals surface area contributed by atoms with Crippen molar-refractivity contribution < 1.29 is 4.39 Å². The van der Waals surface area contributed by atoms with Gasteiger partial charge in [-0.2, -0.15) is 0 Å². The molecule has 5 nitrogen and oxygen atoms in total. The Hall–Kier alpha value is -2.63. The van der Waals surface area contributed by atoms with E-state index >= 15 is 0 Å². The van der Waals surface area contributed by atoms with Gasteiger partial charge in [-0.05, 0) is 23.8 Å². The van der Waals surface area contributed by atoms with E-state index in [1.807, 2.05) is 49.1 Å². The highest BCUT2D eigenvalue weighted by molar-refractivity contribution is 5.79. The van der Waals surface area contributed by atoms with Gasteiger partial charge in [-0.15, -0.1) is 0 Å². The highest BCUT2D eigenvalue weighted by Gasteiger charge is 2.10. The molecule has 24 heavy (non-hydrogen) atoms. The Kier molecular flexibility index (Phi) is 6.12. The monoisotopic (exact) mass is 329 g/mol. The molecular formula is C18H24FN5. The van der Waals surface area contributed by atoms with Gasteiger partial charge < -0.3 is 15.1 Å². The van der Waals surface area contributed by atoms with Crippen LogP contribution in [-0.2, 0) is 13.1 Å². The highest BCUT2D eigenvalue weighted by Crippen LogP contribution is 2.14. The van der Waals surface area contributed by atoms with Gasteiger partial charge in [0.15, 0.2) is 5.96 Å². The summed E-state index contributed by atoms with van der Waals surface area (Å²) in [6, 6.07) is 10.6. The van der Waals surface area contributed by atoms with E-state index in [1.165, 1.54) is 12.1 Å². The normalized spacial score (nSPS) is 11.3. The summed E-state index contributed by atoms with van der Waals surface area (Å²) in [5, 5.41) is 3.33. The van der Waals surface area contributed by atoms with Crippen LogP contribution in [-0.4, -0.2) is 44.0 Å². The molecule has 0 saturated heterocycles. The first kappa shape index (κ1) is 17.7. The standard InChI is InChI=1S/C18H24FN5/c1-20-18(24(4)13-14-7-5-9-16(19)11-14)22-12-15-8-6-10-21-17(15)23(2)3/h5-11H,12-13H2,1-4H3,(H,20,22). The minimum Gasteiger partial charge on any atom is -0.362 e. The molecule has 0 aliphatic rings. The van der Waals surface area contributed by atoms with Crippen LogP contribution in [0.25, 0.3) is 0 Å². The Morgan fingerprint density at radius 3 is 2.67 bits per heavy atom. The molecule has 0 aliphatic heterocycles. The maximum absolute atomic E-state index is 13.3. The zero-order chi connectivity index (χ0) is 17.5. The van der Waals surface area contributed by atoms with Gasteiger partial charge in [0, 0.05) is 53.0 Å². The van der Waals surface area contributed by atoms with Crippen LogP contribution in [0, 0.1) is 5.82 Å². The fourth-order valence-corrected chi connectivity index (χ4v) is 2.51. The molecule has 128 valence electrons.